The van der Waals surface area contributed by atoms with Gasteiger partial charge in [-0.05, 0) is 6.07 Å². The number of piperazine rings is 1. The molecule has 20 heavy (non-hydrogen) atoms. The van der Waals surface area contributed by atoms with Gasteiger partial charge in [0, 0.05) is 43.8 Å². The number of nitrogens with zero attached hydrogens (tertiary/aromatic N) is 4. The van der Waals surface area contributed by atoms with Gasteiger partial charge in [-0.3, -0.25) is 0 Å². The molecule has 0 saturated carbocycles. The minimum atomic E-state index is 0.594. The van der Waals surface area contributed by atoms with E-state index in [1.54, 1.807) is 24.5 Å². The first-order valence-electron chi connectivity index (χ1n) is 6.48. The molecule has 0 spiro atoms. The monoisotopic (exact) mass is 291 g/mol. The van der Waals surface area contributed by atoms with E-state index in [2.05, 4.69) is 19.8 Å². The molecule has 2 aromatic heterocycles. The van der Waals surface area contributed by atoms with Crippen molar-refractivity contribution in [1.82, 2.24) is 9.97 Å². The molecule has 1 aliphatic rings. The third kappa shape index (κ3) is 2.49. The Kier molecular flexibility index (Phi) is 3.60. The maximum Gasteiger partial charge on any atom is 0.215 e. The molecule has 1 aliphatic heterocycles. The fraction of sp³-hybridized carbons (Fsp3) is 0.385. The molecule has 1 fully saturated rings. The first-order valence-corrected chi connectivity index (χ1v) is 7.36. The first-order chi connectivity index (χ1) is 9.78. The zero-order valence-electron chi connectivity index (χ0n) is 11.3. The van der Waals surface area contributed by atoms with Crippen molar-refractivity contribution < 1.29 is 4.74 Å². The lowest BCUT2D eigenvalue weighted by molar-refractivity contribution is 0.398. The van der Waals surface area contributed by atoms with Crippen LogP contribution in [0.1, 0.15) is 0 Å². The molecule has 106 valence electrons. The fourth-order valence-electron chi connectivity index (χ4n) is 2.29. The normalized spacial score (nSPS) is 15.4. The van der Waals surface area contributed by atoms with Crippen LogP contribution in [-0.4, -0.2) is 43.3 Å². The first kappa shape index (κ1) is 13.0. The van der Waals surface area contributed by atoms with Gasteiger partial charge in [0.05, 0.1) is 12.8 Å². The van der Waals surface area contributed by atoms with Crippen LogP contribution < -0.4 is 20.3 Å². The van der Waals surface area contributed by atoms with Crippen molar-refractivity contribution in [2.24, 2.45) is 0 Å². The number of methoxy groups -OCH3 is 1. The lowest BCUT2D eigenvalue weighted by atomic mass is 10.3. The van der Waals surface area contributed by atoms with Crippen LogP contribution in [0.3, 0.4) is 0 Å². The van der Waals surface area contributed by atoms with E-state index in [1.165, 1.54) is 0 Å². The largest absolute Gasteiger partial charge is 0.481 e. The van der Waals surface area contributed by atoms with Gasteiger partial charge in [-0.2, -0.15) is 4.98 Å². The van der Waals surface area contributed by atoms with E-state index in [0.717, 1.165) is 37.1 Å². The van der Waals surface area contributed by atoms with Gasteiger partial charge in [-0.15, -0.1) is 11.3 Å². The lowest BCUT2D eigenvalue weighted by Gasteiger charge is -2.35. The van der Waals surface area contributed by atoms with Crippen molar-refractivity contribution in [2.75, 3.05) is 48.8 Å². The van der Waals surface area contributed by atoms with Gasteiger partial charge in [-0.1, -0.05) is 0 Å². The molecule has 0 atom stereocenters. The van der Waals surface area contributed by atoms with Gasteiger partial charge >= 0.3 is 0 Å². The molecule has 0 amide bonds. The molecule has 0 aliphatic carbocycles. The SMILES string of the molecule is COc1ccc(N)c(N2CCN(c3nccs3)CC2)n1. The maximum absolute atomic E-state index is 6.02. The van der Waals surface area contributed by atoms with Gasteiger partial charge in [0.25, 0.3) is 0 Å². The zero-order chi connectivity index (χ0) is 13.9. The number of anilines is 3. The topological polar surface area (TPSA) is 67.5 Å². The molecule has 0 radical (unpaired) electrons. The van der Waals surface area contributed by atoms with E-state index in [1.807, 2.05) is 17.6 Å². The van der Waals surface area contributed by atoms with E-state index in [-0.39, 0.29) is 0 Å². The average molecular weight is 291 g/mol. The van der Waals surface area contributed by atoms with E-state index in [0.29, 0.717) is 11.6 Å². The number of thiazole rings is 1. The summed E-state index contributed by atoms with van der Waals surface area (Å²) >= 11 is 1.67. The fourth-order valence-corrected chi connectivity index (χ4v) is 2.99. The summed E-state index contributed by atoms with van der Waals surface area (Å²) in [6.45, 7) is 3.60. The van der Waals surface area contributed by atoms with Crippen molar-refractivity contribution in [3.05, 3.63) is 23.7 Å². The summed E-state index contributed by atoms with van der Waals surface area (Å²) in [4.78, 5) is 13.3. The van der Waals surface area contributed by atoms with Crippen LogP contribution in [0, 0.1) is 0 Å². The van der Waals surface area contributed by atoms with E-state index >= 15 is 0 Å². The number of hydrogen-bond donors (Lipinski definition) is 1. The Hall–Kier alpha value is -2.02. The molecule has 2 N–H and O–H groups in total. The van der Waals surface area contributed by atoms with Gasteiger partial charge in [0.1, 0.15) is 0 Å². The van der Waals surface area contributed by atoms with Crippen LogP contribution >= 0.6 is 11.3 Å². The lowest BCUT2D eigenvalue weighted by Crippen LogP contribution is -2.47. The molecule has 3 heterocycles. The quantitative estimate of drug-likeness (QED) is 0.923. The second kappa shape index (κ2) is 5.54. The number of ether oxygens (including phenoxy) is 1. The van der Waals surface area contributed by atoms with Crippen LogP contribution in [0.2, 0.25) is 0 Å². The molecule has 0 unspecified atom stereocenters. The van der Waals surface area contributed by atoms with Gasteiger partial charge in [0.15, 0.2) is 10.9 Å². The summed E-state index contributed by atoms with van der Waals surface area (Å²) in [5, 5.41) is 3.08. The Morgan fingerprint density at radius 1 is 1.20 bits per heavy atom. The molecule has 2 aromatic rings. The van der Waals surface area contributed by atoms with Crippen molar-refractivity contribution in [3.63, 3.8) is 0 Å². The standard InChI is InChI=1S/C13H17N5OS/c1-19-11-3-2-10(14)12(16-11)17-5-7-18(8-6-17)13-15-4-9-20-13/h2-4,9H,5-8,14H2,1H3. The van der Waals surface area contributed by atoms with Gasteiger partial charge in [0.2, 0.25) is 5.88 Å². The molecule has 7 heteroatoms. The Morgan fingerprint density at radius 3 is 2.60 bits per heavy atom. The Labute approximate surface area is 121 Å². The number of pyridine rings is 1. The van der Waals surface area contributed by atoms with E-state index in [9.17, 15) is 0 Å². The molecule has 0 bridgehead atoms. The molecular formula is C13H17N5OS. The highest BCUT2D eigenvalue weighted by molar-refractivity contribution is 7.13. The Balaban J connectivity index is 1.72. The number of nitrogen functional groups attached to an aromatic ring is 1. The predicted octanol–water partition coefficient (Wildman–Crippen LogP) is 1.46. The minimum absolute atomic E-state index is 0.594. The Morgan fingerprint density at radius 2 is 1.95 bits per heavy atom. The van der Waals surface area contributed by atoms with Crippen molar-refractivity contribution in [3.8, 4) is 5.88 Å². The number of nitrogens with two attached hydrogens (primary N) is 1. The molecule has 6 nitrogen and oxygen atoms in total. The second-order valence-electron chi connectivity index (χ2n) is 4.56. The summed E-state index contributed by atoms with van der Waals surface area (Å²) in [5.41, 5.74) is 6.71. The highest BCUT2D eigenvalue weighted by atomic mass is 32.1. The van der Waals surface area contributed by atoms with Crippen LogP contribution in [0.4, 0.5) is 16.6 Å². The highest BCUT2D eigenvalue weighted by Gasteiger charge is 2.21. The van der Waals surface area contributed by atoms with Crippen LogP contribution in [-0.2, 0) is 0 Å². The summed E-state index contributed by atoms with van der Waals surface area (Å²) in [6.07, 6.45) is 1.84. The zero-order valence-corrected chi connectivity index (χ0v) is 12.1. The second-order valence-corrected chi connectivity index (χ2v) is 5.43. The van der Waals surface area contributed by atoms with Crippen molar-refractivity contribution in [2.45, 2.75) is 0 Å². The summed E-state index contributed by atoms with van der Waals surface area (Å²) in [5.74, 6) is 1.40. The smallest absolute Gasteiger partial charge is 0.215 e. The van der Waals surface area contributed by atoms with Gasteiger partial charge < -0.3 is 20.3 Å². The van der Waals surface area contributed by atoms with E-state index < -0.39 is 0 Å². The summed E-state index contributed by atoms with van der Waals surface area (Å²) < 4.78 is 5.17. The third-order valence-corrected chi connectivity index (χ3v) is 4.19. The molecule has 0 aromatic carbocycles. The number of aromatic nitrogens is 2. The molecule has 1 saturated heterocycles. The van der Waals surface area contributed by atoms with Gasteiger partial charge in [-0.25, -0.2) is 4.98 Å². The highest BCUT2D eigenvalue weighted by Crippen LogP contribution is 2.26. The minimum Gasteiger partial charge on any atom is -0.481 e. The van der Waals surface area contributed by atoms with Crippen LogP contribution in [0.15, 0.2) is 23.7 Å². The van der Waals surface area contributed by atoms with E-state index in [4.69, 9.17) is 10.5 Å². The third-order valence-electron chi connectivity index (χ3n) is 3.36. The molecular weight excluding hydrogens is 274 g/mol. The van der Waals surface area contributed by atoms with Crippen molar-refractivity contribution in [1.29, 1.82) is 0 Å². The predicted molar refractivity (Wildman–Crippen MR) is 81.7 cm³/mol. The Bertz CT molecular complexity index is 566. The summed E-state index contributed by atoms with van der Waals surface area (Å²) in [7, 11) is 1.61. The number of hydrogen-bond acceptors (Lipinski definition) is 7. The average Bonchev–Trinajstić information content (AvgIpc) is 3.02. The number of rotatable bonds is 3. The van der Waals surface area contributed by atoms with Crippen LogP contribution in [0.25, 0.3) is 0 Å². The summed E-state index contributed by atoms with van der Waals surface area (Å²) in [6, 6.07) is 3.62. The van der Waals surface area contributed by atoms with Crippen molar-refractivity contribution >= 4 is 28.0 Å². The van der Waals surface area contributed by atoms with Crippen LogP contribution in [0.5, 0.6) is 5.88 Å². The maximum atomic E-state index is 6.02. The molecule has 3 rings (SSSR count).